The fourth-order valence-corrected chi connectivity index (χ4v) is 1.66. The van der Waals surface area contributed by atoms with E-state index < -0.39 is 11.9 Å². The molecule has 0 aliphatic rings. The molecule has 0 aliphatic heterocycles. The van der Waals surface area contributed by atoms with Crippen molar-refractivity contribution in [1.29, 1.82) is 0 Å². The summed E-state index contributed by atoms with van der Waals surface area (Å²) in [4.78, 5) is 23.0. The van der Waals surface area contributed by atoms with E-state index in [1.807, 2.05) is 0 Å². The van der Waals surface area contributed by atoms with Crippen LogP contribution in [0.5, 0.6) is 5.75 Å². The summed E-state index contributed by atoms with van der Waals surface area (Å²) in [5, 5.41) is 6.51. The van der Waals surface area contributed by atoms with Crippen molar-refractivity contribution in [2.24, 2.45) is 0 Å². The topological polar surface area (TPSA) is 81.9 Å². The standard InChI is InChI=1S/C12H13N3O4/c1-18-9-4-3-5-15-11(9)8(6-14-15)12(17)13-7-10(16)19-2/h3-6H,7H2,1-2H3,(H,13,17). The second-order valence-electron chi connectivity index (χ2n) is 3.69. The lowest BCUT2D eigenvalue weighted by Gasteiger charge is -2.05. The predicted molar refractivity (Wildman–Crippen MR) is 66.1 cm³/mol. The number of methoxy groups -OCH3 is 2. The molecule has 1 N–H and O–H groups in total. The average molecular weight is 263 g/mol. The third-order valence-corrected chi connectivity index (χ3v) is 2.59. The van der Waals surface area contributed by atoms with E-state index in [9.17, 15) is 9.59 Å². The molecule has 0 fully saturated rings. The van der Waals surface area contributed by atoms with E-state index in [1.165, 1.54) is 24.9 Å². The molecule has 1 amide bonds. The lowest BCUT2D eigenvalue weighted by Crippen LogP contribution is -2.30. The summed E-state index contributed by atoms with van der Waals surface area (Å²) in [6.45, 7) is -0.193. The van der Waals surface area contributed by atoms with Crippen LogP contribution < -0.4 is 10.1 Å². The van der Waals surface area contributed by atoms with Crippen LogP contribution in [0.1, 0.15) is 10.4 Å². The number of esters is 1. The summed E-state index contributed by atoms with van der Waals surface area (Å²) < 4.78 is 11.2. The van der Waals surface area contributed by atoms with Gasteiger partial charge in [0.2, 0.25) is 0 Å². The van der Waals surface area contributed by atoms with Crippen molar-refractivity contribution in [3.05, 3.63) is 30.1 Å². The maximum atomic E-state index is 12.0. The van der Waals surface area contributed by atoms with Gasteiger partial charge >= 0.3 is 5.97 Å². The number of aromatic nitrogens is 2. The SMILES string of the molecule is COC(=O)CNC(=O)c1cnn2cccc(OC)c12. The molecule has 0 atom stereocenters. The molecule has 0 bridgehead atoms. The van der Waals surface area contributed by atoms with Crippen molar-refractivity contribution in [2.45, 2.75) is 0 Å². The number of pyridine rings is 1. The number of rotatable bonds is 4. The zero-order chi connectivity index (χ0) is 13.8. The highest BCUT2D eigenvalue weighted by molar-refractivity contribution is 6.03. The first-order valence-electron chi connectivity index (χ1n) is 5.52. The van der Waals surface area contributed by atoms with Crippen LogP contribution in [0.2, 0.25) is 0 Å². The van der Waals surface area contributed by atoms with Gasteiger partial charge in [0.25, 0.3) is 5.91 Å². The summed E-state index contributed by atoms with van der Waals surface area (Å²) in [5.74, 6) is -0.398. The Bertz CT molecular complexity index is 620. The molecule has 2 aromatic heterocycles. The molecule has 0 unspecified atom stereocenters. The summed E-state index contributed by atoms with van der Waals surface area (Å²) in [6.07, 6.45) is 3.12. The number of carbonyl (C=O) groups excluding carboxylic acids is 2. The van der Waals surface area contributed by atoms with Gasteiger partial charge in [0.15, 0.2) is 0 Å². The van der Waals surface area contributed by atoms with E-state index >= 15 is 0 Å². The molecule has 0 aromatic carbocycles. The normalized spacial score (nSPS) is 10.2. The number of nitrogens with one attached hydrogen (secondary N) is 1. The monoisotopic (exact) mass is 263 g/mol. The minimum atomic E-state index is -0.517. The summed E-state index contributed by atoms with van der Waals surface area (Å²) >= 11 is 0. The van der Waals surface area contributed by atoms with Gasteiger partial charge in [-0.2, -0.15) is 5.10 Å². The van der Waals surface area contributed by atoms with Gasteiger partial charge in [-0.25, -0.2) is 4.52 Å². The van der Waals surface area contributed by atoms with Crippen LogP contribution in [-0.4, -0.2) is 42.3 Å². The Morgan fingerprint density at radius 3 is 2.89 bits per heavy atom. The van der Waals surface area contributed by atoms with E-state index in [-0.39, 0.29) is 6.54 Å². The van der Waals surface area contributed by atoms with Crippen LogP contribution in [0.25, 0.3) is 5.52 Å². The lowest BCUT2D eigenvalue weighted by molar-refractivity contribution is -0.139. The molecule has 100 valence electrons. The number of fused-ring (bicyclic) bond motifs is 1. The molecule has 0 spiro atoms. The highest BCUT2D eigenvalue weighted by atomic mass is 16.5. The van der Waals surface area contributed by atoms with Gasteiger partial charge in [0, 0.05) is 6.20 Å². The first-order chi connectivity index (χ1) is 9.17. The maximum Gasteiger partial charge on any atom is 0.325 e. The van der Waals surface area contributed by atoms with Crippen LogP contribution in [-0.2, 0) is 9.53 Å². The second kappa shape index (κ2) is 5.38. The van der Waals surface area contributed by atoms with Gasteiger partial charge in [0.1, 0.15) is 17.8 Å². The Morgan fingerprint density at radius 2 is 2.21 bits per heavy atom. The van der Waals surface area contributed by atoms with E-state index in [0.29, 0.717) is 16.8 Å². The van der Waals surface area contributed by atoms with Crippen molar-refractivity contribution in [3.8, 4) is 5.75 Å². The Kier molecular flexibility index (Phi) is 3.65. The van der Waals surface area contributed by atoms with E-state index in [4.69, 9.17) is 4.74 Å². The summed E-state index contributed by atoms with van der Waals surface area (Å²) in [7, 11) is 2.77. The van der Waals surface area contributed by atoms with Gasteiger partial charge in [-0.1, -0.05) is 0 Å². The maximum absolute atomic E-state index is 12.0. The Labute approximate surface area is 109 Å². The number of ether oxygens (including phenoxy) is 2. The molecular weight excluding hydrogens is 250 g/mol. The number of nitrogens with zero attached hydrogens (tertiary/aromatic N) is 2. The molecular formula is C12H13N3O4. The molecule has 7 nitrogen and oxygen atoms in total. The zero-order valence-electron chi connectivity index (χ0n) is 10.5. The average Bonchev–Trinajstić information content (AvgIpc) is 2.88. The van der Waals surface area contributed by atoms with Crippen LogP contribution >= 0.6 is 0 Å². The van der Waals surface area contributed by atoms with Crippen molar-refractivity contribution in [3.63, 3.8) is 0 Å². The van der Waals surface area contributed by atoms with Gasteiger partial charge in [0.05, 0.1) is 26.0 Å². The van der Waals surface area contributed by atoms with Gasteiger partial charge in [-0.15, -0.1) is 0 Å². The summed E-state index contributed by atoms with van der Waals surface area (Å²) in [5.41, 5.74) is 0.883. The molecule has 0 saturated heterocycles. The third-order valence-electron chi connectivity index (χ3n) is 2.59. The Morgan fingerprint density at radius 1 is 1.42 bits per heavy atom. The van der Waals surface area contributed by atoms with Gasteiger partial charge in [-0.3, -0.25) is 9.59 Å². The molecule has 0 radical (unpaired) electrons. The van der Waals surface area contributed by atoms with Crippen molar-refractivity contribution in [2.75, 3.05) is 20.8 Å². The van der Waals surface area contributed by atoms with E-state index in [0.717, 1.165) is 0 Å². The fraction of sp³-hybridized carbons (Fsp3) is 0.250. The highest BCUT2D eigenvalue weighted by Gasteiger charge is 2.16. The highest BCUT2D eigenvalue weighted by Crippen LogP contribution is 2.22. The first kappa shape index (κ1) is 12.9. The zero-order valence-corrected chi connectivity index (χ0v) is 10.5. The molecule has 2 heterocycles. The van der Waals surface area contributed by atoms with E-state index in [2.05, 4.69) is 15.2 Å². The van der Waals surface area contributed by atoms with Crippen molar-refractivity contribution < 1.29 is 19.1 Å². The molecule has 7 heteroatoms. The Hall–Kier alpha value is -2.57. The van der Waals surface area contributed by atoms with E-state index in [1.54, 1.807) is 18.3 Å². The van der Waals surface area contributed by atoms with Gasteiger partial charge in [-0.05, 0) is 12.1 Å². The molecule has 0 saturated carbocycles. The Balaban J connectivity index is 2.29. The largest absolute Gasteiger partial charge is 0.494 e. The number of amides is 1. The number of hydrogen-bond donors (Lipinski definition) is 1. The fourth-order valence-electron chi connectivity index (χ4n) is 1.66. The molecule has 2 rings (SSSR count). The molecule has 19 heavy (non-hydrogen) atoms. The van der Waals surface area contributed by atoms with Crippen molar-refractivity contribution in [1.82, 2.24) is 14.9 Å². The second-order valence-corrected chi connectivity index (χ2v) is 3.69. The lowest BCUT2D eigenvalue weighted by atomic mass is 10.2. The molecule has 0 aliphatic carbocycles. The van der Waals surface area contributed by atoms with Crippen molar-refractivity contribution >= 4 is 17.4 Å². The van der Waals surface area contributed by atoms with Crippen LogP contribution in [0.3, 0.4) is 0 Å². The van der Waals surface area contributed by atoms with Crippen LogP contribution in [0.4, 0.5) is 0 Å². The molecule has 2 aromatic rings. The minimum absolute atomic E-state index is 0.193. The minimum Gasteiger partial charge on any atom is -0.494 e. The van der Waals surface area contributed by atoms with Crippen LogP contribution in [0.15, 0.2) is 24.5 Å². The first-order valence-corrected chi connectivity index (χ1v) is 5.52. The number of hydrogen-bond acceptors (Lipinski definition) is 5. The number of carbonyl (C=O) groups is 2. The van der Waals surface area contributed by atoms with Gasteiger partial charge < -0.3 is 14.8 Å². The third kappa shape index (κ3) is 2.49. The van der Waals surface area contributed by atoms with Crippen LogP contribution in [0, 0.1) is 0 Å². The predicted octanol–water partition coefficient (Wildman–Crippen LogP) is 0.246. The quantitative estimate of drug-likeness (QED) is 0.799. The smallest absolute Gasteiger partial charge is 0.325 e. The summed E-state index contributed by atoms with van der Waals surface area (Å²) in [6, 6.07) is 3.49.